The highest BCUT2D eigenvalue weighted by molar-refractivity contribution is 7.99. The first-order chi connectivity index (χ1) is 8.58. The number of halogens is 1. The summed E-state index contributed by atoms with van der Waals surface area (Å²) < 4.78 is 12.9. The van der Waals surface area contributed by atoms with Gasteiger partial charge >= 0.3 is 0 Å². The Morgan fingerprint density at radius 1 is 1.33 bits per heavy atom. The summed E-state index contributed by atoms with van der Waals surface area (Å²) in [6, 6.07) is 6.59. The Bertz CT molecular complexity index is 344. The van der Waals surface area contributed by atoms with Gasteiger partial charge in [0.1, 0.15) is 5.82 Å². The number of hydrogen-bond donors (Lipinski definition) is 2. The molecule has 0 heterocycles. The van der Waals surface area contributed by atoms with Gasteiger partial charge in [0.25, 0.3) is 0 Å². The van der Waals surface area contributed by atoms with Gasteiger partial charge in [-0.05, 0) is 35.8 Å². The van der Waals surface area contributed by atoms with Crippen molar-refractivity contribution in [1.29, 1.82) is 0 Å². The van der Waals surface area contributed by atoms with E-state index in [-0.39, 0.29) is 29.6 Å². The van der Waals surface area contributed by atoms with E-state index in [1.54, 1.807) is 23.9 Å². The molecule has 1 aromatic rings. The zero-order chi connectivity index (χ0) is 13.5. The molecule has 0 saturated heterocycles. The van der Waals surface area contributed by atoms with Gasteiger partial charge in [0.05, 0.1) is 0 Å². The Hall–Kier alpha value is -0.580. The Kier molecular flexibility index (Phi) is 6.68. The molecular weight excluding hydrogens is 249 g/mol. The van der Waals surface area contributed by atoms with Gasteiger partial charge in [-0.3, -0.25) is 0 Å². The monoisotopic (exact) mass is 271 g/mol. The van der Waals surface area contributed by atoms with Crippen molar-refractivity contribution < 1.29 is 9.50 Å². The van der Waals surface area contributed by atoms with Crippen LogP contribution in [0.3, 0.4) is 0 Å². The van der Waals surface area contributed by atoms with Crippen LogP contribution < -0.4 is 5.73 Å². The maximum Gasteiger partial charge on any atom is 0.123 e. The number of rotatable bonds is 7. The molecule has 2 nitrogen and oxygen atoms in total. The molecule has 102 valence electrons. The molecular formula is C14H22FNOS. The van der Waals surface area contributed by atoms with Gasteiger partial charge in [-0.2, -0.15) is 11.8 Å². The van der Waals surface area contributed by atoms with Crippen molar-refractivity contribution in [2.45, 2.75) is 31.6 Å². The Labute approximate surface area is 113 Å². The van der Waals surface area contributed by atoms with E-state index in [9.17, 15) is 4.39 Å². The summed E-state index contributed by atoms with van der Waals surface area (Å²) in [7, 11) is 0. The molecule has 1 rings (SSSR count). The number of thioether (sulfide) groups is 1. The third kappa shape index (κ3) is 4.59. The van der Waals surface area contributed by atoms with Crippen LogP contribution in [-0.4, -0.2) is 23.5 Å². The van der Waals surface area contributed by atoms with Crippen LogP contribution in [0, 0.1) is 11.7 Å². The Morgan fingerprint density at radius 2 is 1.94 bits per heavy atom. The largest absolute Gasteiger partial charge is 0.396 e. The quantitative estimate of drug-likeness (QED) is 0.801. The first-order valence-corrected chi connectivity index (χ1v) is 7.36. The van der Waals surface area contributed by atoms with Gasteiger partial charge in [-0.15, -0.1) is 0 Å². The highest BCUT2D eigenvalue weighted by Crippen LogP contribution is 2.33. The number of hydrogen-bond acceptors (Lipinski definition) is 3. The van der Waals surface area contributed by atoms with E-state index in [0.717, 1.165) is 17.7 Å². The number of aliphatic hydroxyl groups excluding tert-OH is 1. The molecule has 0 aliphatic carbocycles. The lowest BCUT2D eigenvalue weighted by Gasteiger charge is -2.24. The molecule has 0 bridgehead atoms. The van der Waals surface area contributed by atoms with E-state index in [4.69, 9.17) is 10.8 Å². The van der Waals surface area contributed by atoms with Crippen LogP contribution in [0.2, 0.25) is 0 Å². The number of aliphatic hydroxyl groups is 1. The van der Waals surface area contributed by atoms with Crippen molar-refractivity contribution in [3.63, 3.8) is 0 Å². The molecule has 0 aromatic heterocycles. The minimum absolute atomic E-state index is 0.0476. The Balaban J connectivity index is 2.74. The van der Waals surface area contributed by atoms with Gasteiger partial charge in [-0.1, -0.05) is 26.0 Å². The molecule has 3 N–H and O–H groups in total. The number of benzene rings is 1. The lowest BCUT2D eigenvalue weighted by molar-refractivity contribution is 0.250. The molecule has 0 radical (unpaired) electrons. The summed E-state index contributed by atoms with van der Waals surface area (Å²) in [6.07, 6.45) is 0.878. The fourth-order valence-corrected chi connectivity index (χ4v) is 3.08. The molecule has 4 heteroatoms. The van der Waals surface area contributed by atoms with Crippen LogP contribution in [0.4, 0.5) is 4.39 Å². The second kappa shape index (κ2) is 7.77. The van der Waals surface area contributed by atoms with Gasteiger partial charge in [0.2, 0.25) is 0 Å². The maximum absolute atomic E-state index is 12.9. The maximum atomic E-state index is 12.9. The average molecular weight is 271 g/mol. The highest BCUT2D eigenvalue weighted by Gasteiger charge is 2.19. The van der Waals surface area contributed by atoms with Crippen LogP contribution in [0.5, 0.6) is 0 Å². The summed E-state index contributed by atoms with van der Waals surface area (Å²) in [5.41, 5.74) is 7.19. The van der Waals surface area contributed by atoms with E-state index in [0.29, 0.717) is 0 Å². The molecule has 1 aromatic carbocycles. The van der Waals surface area contributed by atoms with Gasteiger partial charge in [-0.25, -0.2) is 4.39 Å². The zero-order valence-electron chi connectivity index (χ0n) is 11.0. The van der Waals surface area contributed by atoms with Gasteiger partial charge < -0.3 is 10.8 Å². The summed E-state index contributed by atoms with van der Waals surface area (Å²) in [5, 5.41) is 9.21. The molecule has 0 aliphatic rings. The van der Waals surface area contributed by atoms with Crippen LogP contribution >= 0.6 is 11.8 Å². The SMILES string of the molecule is CCC(N)C(SCC(C)CO)c1ccc(F)cc1. The second-order valence-electron chi connectivity index (χ2n) is 4.67. The third-order valence-corrected chi connectivity index (χ3v) is 4.67. The summed E-state index contributed by atoms with van der Waals surface area (Å²) >= 11 is 1.74. The van der Waals surface area contributed by atoms with Gasteiger partial charge in [0.15, 0.2) is 0 Å². The molecule has 18 heavy (non-hydrogen) atoms. The first-order valence-electron chi connectivity index (χ1n) is 6.32. The van der Waals surface area contributed by atoms with E-state index < -0.39 is 0 Å². The molecule has 0 spiro atoms. The van der Waals surface area contributed by atoms with Crippen LogP contribution in [-0.2, 0) is 0 Å². The topological polar surface area (TPSA) is 46.2 Å². The first kappa shape index (κ1) is 15.5. The minimum atomic E-state index is -0.226. The minimum Gasteiger partial charge on any atom is -0.396 e. The van der Waals surface area contributed by atoms with Crippen LogP contribution in [0.1, 0.15) is 31.1 Å². The predicted octanol–water partition coefficient (Wildman–Crippen LogP) is 2.97. The van der Waals surface area contributed by atoms with E-state index >= 15 is 0 Å². The average Bonchev–Trinajstić information content (AvgIpc) is 2.40. The van der Waals surface area contributed by atoms with Crippen molar-refractivity contribution >= 4 is 11.8 Å². The standard InChI is InChI=1S/C14H22FNOS/c1-3-13(16)14(18-9-10(2)8-17)11-4-6-12(15)7-5-11/h4-7,10,13-14,17H,3,8-9,16H2,1-2H3. The van der Waals surface area contributed by atoms with Crippen molar-refractivity contribution in [1.82, 2.24) is 0 Å². The smallest absolute Gasteiger partial charge is 0.123 e. The van der Waals surface area contributed by atoms with Gasteiger partial charge in [0, 0.05) is 17.9 Å². The fraction of sp³-hybridized carbons (Fsp3) is 0.571. The summed E-state index contributed by atoms with van der Waals surface area (Å²) in [6.45, 7) is 4.24. The van der Waals surface area contributed by atoms with Crippen LogP contribution in [0.15, 0.2) is 24.3 Å². The molecule has 0 saturated carbocycles. The molecule has 0 amide bonds. The van der Waals surface area contributed by atoms with E-state index in [1.165, 1.54) is 12.1 Å². The zero-order valence-corrected chi connectivity index (χ0v) is 11.8. The van der Waals surface area contributed by atoms with Crippen LogP contribution in [0.25, 0.3) is 0 Å². The molecule has 3 atom stereocenters. The number of nitrogens with two attached hydrogens (primary N) is 1. The molecule has 3 unspecified atom stereocenters. The third-order valence-electron chi connectivity index (χ3n) is 2.93. The second-order valence-corrected chi connectivity index (χ2v) is 5.84. The molecule has 0 aliphatic heterocycles. The normalized spacial score (nSPS) is 16.3. The lowest BCUT2D eigenvalue weighted by atomic mass is 10.0. The predicted molar refractivity (Wildman–Crippen MR) is 76.1 cm³/mol. The lowest BCUT2D eigenvalue weighted by Crippen LogP contribution is -2.26. The highest BCUT2D eigenvalue weighted by atomic mass is 32.2. The summed E-state index contributed by atoms with van der Waals surface area (Å²) in [5.74, 6) is 0.880. The van der Waals surface area contributed by atoms with Crippen molar-refractivity contribution in [3.8, 4) is 0 Å². The van der Waals surface area contributed by atoms with E-state index in [1.807, 2.05) is 6.92 Å². The molecule has 0 fully saturated rings. The van der Waals surface area contributed by atoms with Crippen molar-refractivity contribution in [2.75, 3.05) is 12.4 Å². The van der Waals surface area contributed by atoms with Crippen molar-refractivity contribution in [2.24, 2.45) is 11.7 Å². The van der Waals surface area contributed by atoms with E-state index in [2.05, 4.69) is 6.92 Å². The van der Waals surface area contributed by atoms with Crippen molar-refractivity contribution in [3.05, 3.63) is 35.6 Å². The summed E-state index contributed by atoms with van der Waals surface area (Å²) in [4.78, 5) is 0. The fourth-order valence-electron chi connectivity index (χ4n) is 1.65. The Morgan fingerprint density at radius 3 is 2.44 bits per heavy atom.